The van der Waals surface area contributed by atoms with E-state index in [4.69, 9.17) is 4.74 Å². The van der Waals surface area contributed by atoms with Crippen molar-refractivity contribution < 1.29 is 9.53 Å². The fourth-order valence-electron chi connectivity index (χ4n) is 2.15. The number of carbonyl (C=O) groups excluding carboxylic acids is 1. The molecule has 0 saturated carbocycles. The maximum absolute atomic E-state index is 11.5. The van der Waals surface area contributed by atoms with E-state index in [2.05, 4.69) is 25.2 Å². The molecule has 0 aliphatic carbocycles. The van der Waals surface area contributed by atoms with Gasteiger partial charge < -0.3 is 10.1 Å². The first-order chi connectivity index (χ1) is 8.51. The van der Waals surface area contributed by atoms with Gasteiger partial charge in [0.05, 0.1) is 7.11 Å². The zero-order chi connectivity index (χ0) is 13.7. The molecule has 3 nitrogen and oxygen atoms in total. The molecule has 1 aromatic carbocycles. The molecule has 0 heterocycles. The number of rotatable bonds is 5. The quantitative estimate of drug-likeness (QED) is 0.871. The van der Waals surface area contributed by atoms with Crippen LogP contribution in [0, 0.1) is 20.8 Å². The summed E-state index contributed by atoms with van der Waals surface area (Å²) in [6.07, 6.45) is 1.47. The van der Waals surface area contributed by atoms with E-state index < -0.39 is 0 Å². The first kappa shape index (κ1) is 14.6. The van der Waals surface area contributed by atoms with Crippen molar-refractivity contribution in [1.29, 1.82) is 0 Å². The molecule has 0 saturated heterocycles. The van der Waals surface area contributed by atoms with Gasteiger partial charge in [-0.1, -0.05) is 13.0 Å². The number of benzene rings is 1. The number of amides is 1. The summed E-state index contributed by atoms with van der Waals surface area (Å²) >= 11 is 0. The highest BCUT2D eigenvalue weighted by atomic mass is 16.5. The normalized spacial score (nSPS) is 10.3. The topological polar surface area (TPSA) is 38.3 Å². The van der Waals surface area contributed by atoms with E-state index in [1.807, 2.05) is 13.8 Å². The molecule has 1 aromatic rings. The summed E-state index contributed by atoms with van der Waals surface area (Å²) < 4.78 is 5.39. The highest BCUT2D eigenvalue weighted by Crippen LogP contribution is 2.28. The number of ether oxygens (including phenoxy) is 1. The van der Waals surface area contributed by atoms with E-state index in [0.29, 0.717) is 13.0 Å². The van der Waals surface area contributed by atoms with Gasteiger partial charge in [0, 0.05) is 13.0 Å². The van der Waals surface area contributed by atoms with Crippen molar-refractivity contribution in [3.05, 3.63) is 28.3 Å². The Kier molecular flexibility index (Phi) is 5.20. The van der Waals surface area contributed by atoms with Gasteiger partial charge in [-0.05, 0) is 49.4 Å². The lowest BCUT2D eigenvalue weighted by Crippen LogP contribution is -2.22. The molecule has 3 heteroatoms. The second kappa shape index (κ2) is 6.43. The molecule has 1 rings (SSSR count). The first-order valence-electron chi connectivity index (χ1n) is 6.41. The first-order valence-corrected chi connectivity index (χ1v) is 6.41. The monoisotopic (exact) mass is 249 g/mol. The molecule has 0 aromatic heterocycles. The lowest BCUT2D eigenvalue weighted by molar-refractivity contribution is -0.121. The molecule has 0 unspecified atom stereocenters. The van der Waals surface area contributed by atoms with Crippen molar-refractivity contribution in [2.75, 3.05) is 7.11 Å². The molecule has 1 amide bonds. The minimum absolute atomic E-state index is 0.114. The summed E-state index contributed by atoms with van der Waals surface area (Å²) in [5, 5.41) is 2.95. The summed E-state index contributed by atoms with van der Waals surface area (Å²) in [6, 6.07) is 2.09. The Balaban J connectivity index is 2.88. The molecule has 0 atom stereocenters. The smallest absolute Gasteiger partial charge is 0.220 e. The summed E-state index contributed by atoms with van der Waals surface area (Å²) in [5.41, 5.74) is 4.61. The van der Waals surface area contributed by atoms with Gasteiger partial charge in [0.25, 0.3) is 0 Å². The van der Waals surface area contributed by atoms with Gasteiger partial charge in [0.1, 0.15) is 5.75 Å². The number of carbonyl (C=O) groups is 1. The Bertz CT molecular complexity index is 439. The van der Waals surface area contributed by atoms with Crippen LogP contribution in [0.3, 0.4) is 0 Å². The third kappa shape index (κ3) is 3.25. The summed E-state index contributed by atoms with van der Waals surface area (Å²) in [7, 11) is 1.69. The highest BCUT2D eigenvalue weighted by Gasteiger charge is 2.11. The van der Waals surface area contributed by atoms with Crippen LogP contribution in [0.4, 0.5) is 0 Å². The minimum atomic E-state index is 0.114. The van der Waals surface area contributed by atoms with Crippen LogP contribution in [0.5, 0.6) is 5.75 Å². The fraction of sp³-hybridized carbons (Fsp3) is 0.533. The third-order valence-electron chi connectivity index (χ3n) is 3.29. The summed E-state index contributed by atoms with van der Waals surface area (Å²) in [5.74, 6) is 1.05. The Morgan fingerprint density at radius 1 is 1.28 bits per heavy atom. The van der Waals surface area contributed by atoms with Gasteiger partial charge >= 0.3 is 0 Å². The number of aryl methyl sites for hydroxylation is 1. The van der Waals surface area contributed by atoms with E-state index in [0.717, 1.165) is 28.9 Å². The zero-order valence-corrected chi connectivity index (χ0v) is 12.0. The van der Waals surface area contributed by atoms with Gasteiger partial charge in [-0.15, -0.1) is 0 Å². The summed E-state index contributed by atoms with van der Waals surface area (Å²) in [6.45, 7) is 8.75. The fourth-order valence-corrected chi connectivity index (χ4v) is 2.15. The molecule has 18 heavy (non-hydrogen) atoms. The Labute approximate surface area is 110 Å². The molecule has 1 N–H and O–H groups in total. The van der Waals surface area contributed by atoms with Crippen LogP contribution in [0.15, 0.2) is 6.07 Å². The van der Waals surface area contributed by atoms with Crippen LogP contribution in [0.1, 0.15) is 42.0 Å². The zero-order valence-electron chi connectivity index (χ0n) is 12.0. The van der Waals surface area contributed by atoms with Crippen LogP contribution in [0.25, 0.3) is 0 Å². The molecule has 0 radical (unpaired) electrons. The van der Waals surface area contributed by atoms with E-state index in [9.17, 15) is 4.79 Å². The molecular formula is C15H23NO2. The van der Waals surface area contributed by atoms with Crippen molar-refractivity contribution in [3.63, 3.8) is 0 Å². The number of hydrogen-bond acceptors (Lipinski definition) is 2. The molecule has 0 fully saturated rings. The van der Waals surface area contributed by atoms with Gasteiger partial charge in [-0.2, -0.15) is 0 Å². The number of nitrogens with one attached hydrogen (secondary N) is 1. The lowest BCUT2D eigenvalue weighted by Gasteiger charge is -2.16. The SMILES string of the molecule is CCCC(=O)NCc1cc(C)c(OC)c(C)c1C. The predicted molar refractivity (Wildman–Crippen MR) is 74.0 cm³/mol. The van der Waals surface area contributed by atoms with Crippen LogP contribution >= 0.6 is 0 Å². The predicted octanol–water partition coefficient (Wildman–Crippen LogP) is 3.04. The molecule has 0 aliphatic rings. The van der Waals surface area contributed by atoms with Crippen LogP contribution in [-0.2, 0) is 11.3 Å². The van der Waals surface area contributed by atoms with Gasteiger partial charge in [0.15, 0.2) is 0 Å². The average Bonchev–Trinajstić information content (AvgIpc) is 2.33. The van der Waals surface area contributed by atoms with Gasteiger partial charge in [0.2, 0.25) is 5.91 Å². The largest absolute Gasteiger partial charge is 0.496 e. The molecule has 0 spiro atoms. The van der Waals surface area contributed by atoms with E-state index in [-0.39, 0.29) is 5.91 Å². The van der Waals surface area contributed by atoms with Crippen LogP contribution in [-0.4, -0.2) is 13.0 Å². The van der Waals surface area contributed by atoms with Crippen molar-refractivity contribution >= 4 is 5.91 Å². The van der Waals surface area contributed by atoms with Crippen LogP contribution in [0.2, 0.25) is 0 Å². The molecule has 0 aliphatic heterocycles. The average molecular weight is 249 g/mol. The van der Waals surface area contributed by atoms with E-state index in [1.165, 1.54) is 5.56 Å². The van der Waals surface area contributed by atoms with Crippen molar-refractivity contribution in [3.8, 4) is 5.75 Å². The highest BCUT2D eigenvalue weighted by molar-refractivity contribution is 5.75. The standard InChI is InChI=1S/C15H23NO2/c1-6-7-14(17)16-9-13-8-10(2)15(18-5)12(4)11(13)3/h8H,6-7,9H2,1-5H3,(H,16,17). The van der Waals surface area contributed by atoms with Gasteiger partial charge in [-0.25, -0.2) is 0 Å². The number of hydrogen-bond donors (Lipinski definition) is 1. The Morgan fingerprint density at radius 3 is 2.50 bits per heavy atom. The van der Waals surface area contributed by atoms with Crippen molar-refractivity contribution in [2.24, 2.45) is 0 Å². The van der Waals surface area contributed by atoms with E-state index >= 15 is 0 Å². The lowest BCUT2D eigenvalue weighted by atomic mass is 9.98. The summed E-state index contributed by atoms with van der Waals surface area (Å²) in [4.78, 5) is 11.5. The van der Waals surface area contributed by atoms with Gasteiger partial charge in [-0.3, -0.25) is 4.79 Å². The maximum atomic E-state index is 11.5. The number of methoxy groups -OCH3 is 1. The Hall–Kier alpha value is -1.51. The Morgan fingerprint density at radius 2 is 1.94 bits per heavy atom. The van der Waals surface area contributed by atoms with Crippen LogP contribution < -0.4 is 10.1 Å². The second-order valence-electron chi connectivity index (χ2n) is 4.66. The van der Waals surface area contributed by atoms with Crippen molar-refractivity contribution in [2.45, 2.75) is 47.1 Å². The van der Waals surface area contributed by atoms with E-state index in [1.54, 1.807) is 7.11 Å². The second-order valence-corrected chi connectivity index (χ2v) is 4.66. The van der Waals surface area contributed by atoms with Crippen molar-refractivity contribution in [1.82, 2.24) is 5.32 Å². The molecule has 0 bridgehead atoms. The third-order valence-corrected chi connectivity index (χ3v) is 3.29. The molecular weight excluding hydrogens is 226 g/mol. The maximum Gasteiger partial charge on any atom is 0.220 e. The molecule has 100 valence electrons. The minimum Gasteiger partial charge on any atom is -0.496 e.